The summed E-state index contributed by atoms with van der Waals surface area (Å²) in [6.45, 7) is 0. The van der Waals surface area contributed by atoms with E-state index in [4.69, 9.17) is 0 Å². The number of carbonyl (C=O) groups excluding carboxylic acids is 1. The number of benzene rings is 1. The highest BCUT2D eigenvalue weighted by Crippen LogP contribution is 2.32. The molecule has 0 aromatic heterocycles. The molecule has 0 saturated carbocycles. The number of aryl methyl sites for hydroxylation is 1. The van der Waals surface area contributed by atoms with Gasteiger partial charge in [-0.15, -0.1) is 0 Å². The number of rotatable bonds is 1. The van der Waals surface area contributed by atoms with Crippen molar-refractivity contribution in [2.75, 3.05) is 0 Å². The van der Waals surface area contributed by atoms with Gasteiger partial charge in [0.05, 0.1) is 9.40 Å². The van der Waals surface area contributed by atoms with E-state index >= 15 is 0 Å². The average Bonchev–Trinajstić information content (AvgIpc) is 2.16. The Bertz CT molecular complexity index is 456. The summed E-state index contributed by atoms with van der Waals surface area (Å²) in [6, 6.07) is 3.06. The fourth-order valence-corrected chi connectivity index (χ4v) is 2.32. The molecule has 1 aromatic rings. The van der Waals surface area contributed by atoms with Gasteiger partial charge >= 0.3 is 0 Å². The van der Waals surface area contributed by atoms with Crippen LogP contribution in [0.1, 0.15) is 28.8 Å². The second-order valence-corrected chi connectivity index (χ2v) is 4.35. The second-order valence-electron chi connectivity index (χ2n) is 3.49. The maximum Gasteiger partial charge on any atom is 0.284 e. The van der Waals surface area contributed by atoms with Crippen molar-refractivity contribution in [2.45, 2.75) is 19.3 Å². The Hall–Kier alpha value is -1.23. The molecule has 0 atom stereocenters. The van der Waals surface area contributed by atoms with Crippen LogP contribution in [0.3, 0.4) is 0 Å². The van der Waals surface area contributed by atoms with Crippen LogP contribution >= 0.6 is 15.9 Å². The minimum absolute atomic E-state index is 0.00634. The lowest BCUT2D eigenvalue weighted by atomic mass is 9.90. The first-order valence-electron chi connectivity index (χ1n) is 4.59. The van der Waals surface area contributed by atoms with E-state index in [1.54, 1.807) is 6.07 Å². The van der Waals surface area contributed by atoms with Gasteiger partial charge in [-0.05, 0) is 40.4 Å². The fraction of sp³-hybridized carbons (Fsp3) is 0.300. The predicted molar refractivity (Wildman–Crippen MR) is 58.1 cm³/mol. The molecule has 0 bridgehead atoms. The monoisotopic (exact) mass is 269 g/mol. The third-order valence-electron chi connectivity index (χ3n) is 2.52. The molecule has 15 heavy (non-hydrogen) atoms. The van der Waals surface area contributed by atoms with E-state index in [0.29, 0.717) is 16.5 Å². The van der Waals surface area contributed by atoms with Crippen LogP contribution < -0.4 is 0 Å². The van der Waals surface area contributed by atoms with Crippen LogP contribution in [0.15, 0.2) is 16.6 Å². The molecule has 0 saturated heterocycles. The number of Topliss-reactive ketones (excluding diaryl/α,β-unsaturated/α-hetero) is 1. The van der Waals surface area contributed by atoms with E-state index in [1.165, 1.54) is 6.07 Å². The Morgan fingerprint density at radius 3 is 2.73 bits per heavy atom. The zero-order valence-corrected chi connectivity index (χ0v) is 9.41. The Balaban J connectivity index is 2.60. The molecule has 1 aliphatic rings. The summed E-state index contributed by atoms with van der Waals surface area (Å²) in [6.07, 6.45) is 2.14. The molecule has 4 nitrogen and oxygen atoms in total. The summed E-state index contributed by atoms with van der Waals surface area (Å²) in [4.78, 5) is 21.7. The molecule has 0 aliphatic heterocycles. The summed E-state index contributed by atoms with van der Waals surface area (Å²) < 4.78 is 0.445. The molecule has 0 heterocycles. The number of carbonyl (C=O) groups is 1. The van der Waals surface area contributed by atoms with E-state index in [1.807, 2.05) is 0 Å². The normalized spacial score (nSPS) is 14.9. The summed E-state index contributed by atoms with van der Waals surface area (Å²) >= 11 is 3.14. The highest BCUT2D eigenvalue weighted by Gasteiger charge is 2.22. The number of hydrogen-bond acceptors (Lipinski definition) is 3. The third-order valence-corrected chi connectivity index (χ3v) is 3.15. The van der Waals surface area contributed by atoms with Crippen LogP contribution in [0.25, 0.3) is 0 Å². The largest absolute Gasteiger partial charge is 0.294 e. The third kappa shape index (κ3) is 1.79. The van der Waals surface area contributed by atoms with Gasteiger partial charge in [-0.2, -0.15) is 0 Å². The predicted octanol–water partition coefficient (Wildman–Crippen LogP) is 2.88. The van der Waals surface area contributed by atoms with Crippen molar-refractivity contribution in [3.63, 3.8) is 0 Å². The second kappa shape index (κ2) is 3.73. The molecule has 0 fully saturated rings. The van der Waals surface area contributed by atoms with Crippen molar-refractivity contribution >= 4 is 27.4 Å². The maximum absolute atomic E-state index is 11.5. The van der Waals surface area contributed by atoms with E-state index in [2.05, 4.69) is 15.9 Å². The number of ketones is 1. The summed E-state index contributed by atoms with van der Waals surface area (Å²) in [5.74, 6) is 0.00634. The molecule has 0 unspecified atom stereocenters. The Morgan fingerprint density at radius 1 is 1.33 bits per heavy atom. The standard InChI is InChI=1S/C10H8BrNO3/c11-8-4-6-2-1-3-10(13)7(6)5-9(8)12(14)15/h4-5H,1-3H2. The molecule has 0 amide bonds. The lowest BCUT2D eigenvalue weighted by molar-refractivity contribution is -0.385. The van der Waals surface area contributed by atoms with Gasteiger partial charge in [-0.3, -0.25) is 14.9 Å². The van der Waals surface area contributed by atoms with Gasteiger partial charge < -0.3 is 0 Å². The first-order chi connectivity index (χ1) is 7.09. The Labute approximate surface area is 94.6 Å². The van der Waals surface area contributed by atoms with Gasteiger partial charge in [-0.1, -0.05) is 0 Å². The summed E-state index contributed by atoms with van der Waals surface area (Å²) in [5, 5.41) is 10.7. The highest BCUT2D eigenvalue weighted by atomic mass is 79.9. The first kappa shape index (κ1) is 10.3. The molecule has 1 aromatic carbocycles. The minimum atomic E-state index is -0.480. The number of hydrogen-bond donors (Lipinski definition) is 0. The quantitative estimate of drug-likeness (QED) is 0.582. The number of fused-ring (bicyclic) bond motifs is 1. The molecule has 1 aliphatic carbocycles. The molecule has 0 radical (unpaired) electrons. The van der Waals surface area contributed by atoms with Crippen LogP contribution in [0.5, 0.6) is 0 Å². The molecule has 2 rings (SSSR count). The molecular weight excluding hydrogens is 262 g/mol. The van der Waals surface area contributed by atoms with Crippen LogP contribution in [0, 0.1) is 10.1 Å². The van der Waals surface area contributed by atoms with Crippen LogP contribution in [-0.2, 0) is 6.42 Å². The van der Waals surface area contributed by atoms with Gasteiger partial charge in [0.15, 0.2) is 5.78 Å². The van der Waals surface area contributed by atoms with Crippen molar-refractivity contribution in [3.05, 3.63) is 37.8 Å². The average molecular weight is 270 g/mol. The number of nitro groups is 1. The lowest BCUT2D eigenvalue weighted by Crippen LogP contribution is -2.11. The number of nitrogens with zero attached hydrogens (tertiary/aromatic N) is 1. The fourth-order valence-electron chi connectivity index (χ4n) is 1.78. The zero-order valence-electron chi connectivity index (χ0n) is 7.83. The molecule has 5 heteroatoms. The van der Waals surface area contributed by atoms with E-state index < -0.39 is 4.92 Å². The van der Waals surface area contributed by atoms with Gasteiger partial charge in [-0.25, -0.2) is 0 Å². The molecule has 0 N–H and O–H groups in total. The summed E-state index contributed by atoms with van der Waals surface area (Å²) in [7, 11) is 0. The van der Waals surface area contributed by atoms with Crippen LogP contribution in [0.2, 0.25) is 0 Å². The Morgan fingerprint density at radius 2 is 2.07 bits per heavy atom. The number of nitro benzene ring substituents is 1. The van der Waals surface area contributed by atoms with Gasteiger partial charge in [0.1, 0.15) is 0 Å². The van der Waals surface area contributed by atoms with Crippen molar-refractivity contribution in [3.8, 4) is 0 Å². The van der Waals surface area contributed by atoms with Crippen LogP contribution in [-0.4, -0.2) is 10.7 Å². The molecular formula is C10H8BrNO3. The smallest absolute Gasteiger partial charge is 0.284 e. The minimum Gasteiger partial charge on any atom is -0.294 e. The van der Waals surface area contributed by atoms with Crippen molar-refractivity contribution in [1.82, 2.24) is 0 Å². The molecule has 0 spiro atoms. The van der Waals surface area contributed by atoms with Gasteiger partial charge in [0.25, 0.3) is 5.69 Å². The van der Waals surface area contributed by atoms with E-state index in [-0.39, 0.29) is 11.5 Å². The van der Waals surface area contributed by atoms with Crippen molar-refractivity contribution < 1.29 is 9.72 Å². The van der Waals surface area contributed by atoms with E-state index in [0.717, 1.165) is 18.4 Å². The van der Waals surface area contributed by atoms with Gasteiger partial charge in [0, 0.05) is 18.1 Å². The summed E-state index contributed by atoms with van der Waals surface area (Å²) in [5.41, 5.74) is 1.38. The maximum atomic E-state index is 11.5. The lowest BCUT2D eigenvalue weighted by Gasteiger charge is -2.14. The highest BCUT2D eigenvalue weighted by molar-refractivity contribution is 9.10. The first-order valence-corrected chi connectivity index (χ1v) is 5.39. The van der Waals surface area contributed by atoms with Crippen molar-refractivity contribution in [1.29, 1.82) is 0 Å². The Kier molecular flexibility index (Phi) is 2.56. The SMILES string of the molecule is O=C1CCCc2cc(Br)c([N+](=O)[O-])cc21. The van der Waals surface area contributed by atoms with E-state index in [9.17, 15) is 14.9 Å². The molecule has 78 valence electrons. The topological polar surface area (TPSA) is 60.2 Å². The zero-order chi connectivity index (χ0) is 11.0. The number of halogens is 1. The van der Waals surface area contributed by atoms with Gasteiger partial charge in [0.2, 0.25) is 0 Å². The van der Waals surface area contributed by atoms with Crippen LogP contribution in [0.4, 0.5) is 5.69 Å². The van der Waals surface area contributed by atoms with Crippen molar-refractivity contribution in [2.24, 2.45) is 0 Å².